The Hall–Kier alpha value is -2.88. The molecular formula is C22H21NO3. The first-order valence-corrected chi connectivity index (χ1v) is 8.80. The Morgan fingerprint density at radius 1 is 1.08 bits per heavy atom. The van der Waals surface area contributed by atoms with E-state index in [0.29, 0.717) is 5.58 Å². The average Bonchev–Trinajstić information content (AvgIpc) is 3.41. The number of hydrogen-bond donors (Lipinski definition) is 0. The highest BCUT2D eigenvalue weighted by atomic mass is 16.4. The molecule has 0 radical (unpaired) electrons. The highest BCUT2D eigenvalue weighted by Gasteiger charge is 2.44. The summed E-state index contributed by atoms with van der Waals surface area (Å²) in [6.45, 7) is 2.03. The molecule has 4 heteroatoms. The van der Waals surface area contributed by atoms with Gasteiger partial charge in [0.05, 0.1) is 0 Å². The summed E-state index contributed by atoms with van der Waals surface area (Å²) >= 11 is 0. The fourth-order valence-electron chi connectivity index (χ4n) is 3.68. The zero-order valence-corrected chi connectivity index (χ0v) is 15.2. The monoisotopic (exact) mass is 347 g/mol. The highest BCUT2D eigenvalue weighted by Crippen LogP contribution is 2.49. The highest BCUT2D eigenvalue weighted by molar-refractivity contribution is 5.94. The molecule has 4 nitrogen and oxygen atoms in total. The van der Waals surface area contributed by atoms with Crippen molar-refractivity contribution in [3.63, 3.8) is 0 Å². The zero-order chi connectivity index (χ0) is 18.4. The first-order valence-electron chi connectivity index (χ1n) is 8.80. The van der Waals surface area contributed by atoms with Gasteiger partial charge in [0.15, 0.2) is 0 Å². The molecule has 0 N–H and O–H groups in total. The first kappa shape index (κ1) is 16.6. The van der Waals surface area contributed by atoms with Crippen LogP contribution in [0.2, 0.25) is 0 Å². The van der Waals surface area contributed by atoms with Crippen LogP contribution in [0.3, 0.4) is 0 Å². The minimum atomic E-state index is -0.357. The number of carbonyl (C=O) groups excluding carboxylic acids is 1. The molecule has 1 fully saturated rings. The molecule has 3 aromatic rings. The fourth-order valence-corrected chi connectivity index (χ4v) is 3.68. The van der Waals surface area contributed by atoms with Crippen LogP contribution in [0.25, 0.3) is 22.1 Å². The third-order valence-corrected chi connectivity index (χ3v) is 5.18. The van der Waals surface area contributed by atoms with Crippen molar-refractivity contribution in [2.75, 3.05) is 14.1 Å². The lowest BCUT2D eigenvalue weighted by molar-refractivity contribution is -0.130. The SMILES string of the molecule is Cc1ccccc1-c1cc(=O)oc2cc(C3CC3C(=O)N(C)C)ccc12. The number of carbonyl (C=O) groups is 1. The van der Waals surface area contributed by atoms with E-state index in [0.717, 1.165) is 34.1 Å². The summed E-state index contributed by atoms with van der Waals surface area (Å²) in [5, 5.41) is 0.916. The van der Waals surface area contributed by atoms with Crippen molar-refractivity contribution in [1.82, 2.24) is 4.90 Å². The number of rotatable bonds is 3. The maximum atomic E-state index is 12.1. The van der Waals surface area contributed by atoms with Gasteiger partial charge in [-0.15, -0.1) is 0 Å². The Balaban J connectivity index is 1.78. The quantitative estimate of drug-likeness (QED) is 0.674. The van der Waals surface area contributed by atoms with Crippen molar-refractivity contribution < 1.29 is 9.21 Å². The van der Waals surface area contributed by atoms with Gasteiger partial charge in [-0.1, -0.05) is 36.4 Å². The zero-order valence-electron chi connectivity index (χ0n) is 15.2. The summed E-state index contributed by atoms with van der Waals surface area (Å²) in [6, 6.07) is 15.5. The minimum absolute atomic E-state index is 0.0359. The van der Waals surface area contributed by atoms with Gasteiger partial charge < -0.3 is 9.32 Å². The van der Waals surface area contributed by atoms with E-state index in [4.69, 9.17) is 4.42 Å². The maximum absolute atomic E-state index is 12.1. The Bertz CT molecular complexity index is 1060. The van der Waals surface area contributed by atoms with Gasteiger partial charge in [-0.2, -0.15) is 0 Å². The Labute approximate surface area is 152 Å². The van der Waals surface area contributed by atoms with E-state index in [2.05, 4.69) is 6.07 Å². The maximum Gasteiger partial charge on any atom is 0.336 e. The van der Waals surface area contributed by atoms with E-state index in [1.807, 2.05) is 43.3 Å². The normalized spacial score (nSPS) is 18.7. The second-order valence-corrected chi connectivity index (χ2v) is 7.23. The molecule has 1 saturated carbocycles. The summed E-state index contributed by atoms with van der Waals surface area (Å²) in [6.07, 6.45) is 0.851. The summed E-state index contributed by atoms with van der Waals surface area (Å²) in [4.78, 5) is 25.9. The lowest BCUT2D eigenvalue weighted by Crippen LogP contribution is -2.23. The average molecular weight is 347 g/mol. The molecule has 1 aliphatic carbocycles. The lowest BCUT2D eigenvalue weighted by Gasteiger charge is -2.11. The summed E-state index contributed by atoms with van der Waals surface area (Å²) in [5.41, 5.74) is 4.31. The number of amides is 1. The molecule has 2 aromatic carbocycles. The molecule has 132 valence electrons. The van der Waals surface area contributed by atoms with Crippen LogP contribution < -0.4 is 5.63 Å². The van der Waals surface area contributed by atoms with E-state index in [1.54, 1.807) is 25.1 Å². The minimum Gasteiger partial charge on any atom is -0.423 e. The predicted octanol–water partition coefficient (Wildman–Crippen LogP) is 3.96. The molecule has 0 bridgehead atoms. The van der Waals surface area contributed by atoms with Crippen LogP contribution >= 0.6 is 0 Å². The van der Waals surface area contributed by atoms with Crippen molar-refractivity contribution in [2.45, 2.75) is 19.3 Å². The van der Waals surface area contributed by atoms with Crippen molar-refractivity contribution in [3.05, 3.63) is 70.1 Å². The van der Waals surface area contributed by atoms with E-state index in [1.165, 1.54) is 0 Å². The van der Waals surface area contributed by atoms with Crippen LogP contribution in [0, 0.1) is 12.8 Å². The molecule has 0 aliphatic heterocycles. The number of benzene rings is 2. The second-order valence-electron chi connectivity index (χ2n) is 7.23. The van der Waals surface area contributed by atoms with Crippen molar-refractivity contribution in [1.29, 1.82) is 0 Å². The van der Waals surface area contributed by atoms with Crippen LogP contribution in [0.4, 0.5) is 0 Å². The third-order valence-electron chi connectivity index (χ3n) is 5.18. The van der Waals surface area contributed by atoms with Gasteiger partial charge in [0, 0.05) is 37.0 Å². The van der Waals surface area contributed by atoms with Crippen molar-refractivity contribution in [3.8, 4) is 11.1 Å². The van der Waals surface area contributed by atoms with Gasteiger partial charge in [0.1, 0.15) is 5.58 Å². The predicted molar refractivity (Wildman–Crippen MR) is 102 cm³/mol. The third kappa shape index (κ3) is 2.81. The molecule has 0 saturated heterocycles. The van der Waals surface area contributed by atoms with Gasteiger partial charge in [-0.3, -0.25) is 4.79 Å². The second kappa shape index (κ2) is 6.13. The van der Waals surface area contributed by atoms with Crippen LogP contribution in [-0.2, 0) is 4.79 Å². The molecule has 2 unspecified atom stereocenters. The summed E-state index contributed by atoms with van der Waals surface area (Å²) < 4.78 is 5.47. The molecule has 1 heterocycles. The molecule has 1 aromatic heterocycles. The smallest absolute Gasteiger partial charge is 0.336 e. The van der Waals surface area contributed by atoms with Crippen LogP contribution in [0.1, 0.15) is 23.5 Å². The number of hydrogen-bond acceptors (Lipinski definition) is 3. The Morgan fingerprint density at radius 3 is 2.58 bits per heavy atom. The Kier molecular flexibility index (Phi) is 3.91. The number of fused-ring (bicyclic) bond motifs is 1. The van der Waals surface area contributed by atoms with Crippen LogP contribution in [-0.4, -0.2) is 24.9 Å². The van der Waals surface area contributed by atoms with Gasteiger partial charge in [-0.05, 0) is 42.0 Å². The largest absolute Gasteiger partial charge is 0.423 e. The van der Waals surface area contributed by atoms with Crippen LogP contribution in [0.15, 0.2) is 57.7 Å². The molecule has 1 aliphatic rings. The number of aryl methyl sites for hydroxylation is 1. The summed E-state index contributed by atoms with van der Waals surface area (Å²) in [7, 11) is 3.57. The van der Waals surface area contributed by atoms with E-state index in [9.17, 15) is 9.59 Å². The van der Waals surface area contributed by atoms with E-state index >= 15 is 0 Å². The van der Waals surface area contributed by atoms with Gasteiger partial charge in [0.2, 0.25) is 5.91 Å². The Morgan fingerprint density at radius 2 is 1.85 bits per heavy atom. The standard InChI is InChI=1S/C22H21NO3/c1-13-6-4-5-7-15(13)18-12-21(24)26-20-10-14(8-9-16(18)20)17-11-19(17)22(25)23(2)3/h4-10,12,17,19H,11H2,1-3H3. The fraction of sp³-hybridized carbons (Fsp3) is 0.273. The van der Waals surface area contributed by atoms with Gasteiger partial charge in [0.25, 0.3) is 0 Å². The van der Waals surface area contributed by atoms with Crippen molar-refractivity contribution >= 4 is 16.9 Å². The van der Waals surface area contributed by atoms with Gasteiger partial charge >= 0.3 is 5.63 Å². The summed E-state index contributed by atoms with van der Waals surface area (Å²) in [5.74, 6) is 0.403. The van der Waals surface area contributed by atoms with E-state index < -0.39 is 0 Å². The van der Waals surface area contributed by atoms with Crippen molar-refractivity contribution in [2.24, 2.45) is 5.92 Å². The van der Waals surface area contributed by atoms with E-state index in [-0.39, 0.29) is 23.4 Å². The molecule has 0 spiro atoms. The van der Waals surface area contributed by atoms with Gasteiger partial charge in [-0.25, -0.2) is 4.79 Å². The first-order chi connectivity index (χ1) is 12.5. The molecule has 2 atom stereocenters. The molecular weight excluding hydrogens is 326 g/mol. The molecule has 1 amide bonds. The topological polar surface area (TPSA) is 50.5 Å². The lowest BCUT2D eigenvalue weighted by atomic mass is 9.96. The molecule has 26 heavy (non-hydrogen) atoms. The van der Waals surface area contributed by atoms with Crippen LogP contribution in [0.5, 0.6) is 0 Å². The molecule has 4 rings (SSSR count). The number of nitrogens with zero attached hydrogens (tertiary/aromatic N) is 1.